The van der Waals surface area contributed by atoms with Crippen LogP contribution in [0.5, 0.6) is 0 Å². The van der Waals surface area contributed by atoms with Crippen LogP contribution in [0.3, 0.4) is 0 Å². The number of fused-ring (bicyclic) bond motifs is 3. The first-order valence-electron chi connectivity index (χ1n) is 11.0. The van der Waals surface area contributed by atoms with Crippen molar-refractivity contribution in [3.63, 3.8) is 0 Å². The molecule has 1 aliphatic carbocycles. The average molecular weight is 416 g/mol. The van der Waals surface area contributed by atoms with E-state index in [9.17, 15) is 0 Å². The Morgan fingerprint density at radius 1 is 0.774 bits per heavy atom. The Kier molecular flexibility index (Phi) is 2.83. The second-order valence-corrected chi connectivity index (χ2v) is 11.3. The lowest BCUT2D eigenvalue weighted by molar-refractivity contribution is 0.713. The van der Waals surface area contributed by atoms with Gasteiger partial charge in [0.15, 0.2) is 0 Å². The molecule has 8 rings (SSSR count). The van der Waals surface area contributed by atoms with E-state index in [4.69, 9.17) is 0 Å². The van der Waals surface area contributed by atoms with Crippen molar-refractivity contribution >= 4 is 40.2 Å². The molecule has 0 fully saturated rings. The van der Waals surface area contributed by atoms with Crippen LogP contribution in [0, 0.1) is 6.92 Å². The second-order valence-electron chi connectivity index (χ2n) is 9.15. The molecule has 31 heavy (non-hydrogen) atoms. The van der Waals surface area contributed by atoms with Gasteiger partial charge in [-0.25, -0.2) is 0 Å². The van der Waals surface area contributed by atoms with Gasteiger partial charge < -0.3 is 9.80 Å². The molecule has 1 atom stereocenters. The lowest BCUT2D eigenvalue weighted by Crippen LogP contribution is -2.28. The monoisotopic (exact) mass is 416 g/mol. The molecule has 4 aromatic rings. The number of rotatable bonds is 1. The quantitative estimate of drug-likeness (QED) is 0.341. The summed E-state index contributed by atoms with van der Waals surface area (Å²) in [4.78, 5) is 4.83. The summed E-state index contributed by atoms with van der Waals surface area (Å²) in [7, 11) is 1.10. The Morgan fingerprint density at radius 2 is 1.58 bits per heavy atom. The molecule has 148 valence electrons. The molecule has 0 N–H and O–H groups in total. The molecule has 0 amide bonds. The molecule has 0 radical (unpaired) electrons. The lowest BCUT2D eigenvalue weighted by Gasteiger charge is -2.27. The van der Waals surface area contributed by atoms with Gasteiger partial charge in [-0.15, -0.1) is 0 Å². The molecule has 3 heterocycles. The fourth-order valence-corrected chi connectivity index (χ4v) is 9.86. The third kappa shape index (κ3) is 1.79. The predicted octanol–water partition coefficient (Wildman–Crippen LogP) is 5.19. The van der Waals surface area contributed by atoms with Crippen LogP contribution in [0.2, 0.25) is 0 Å². The average Bonchev–Trinajstić information content (AvgIpc) is 3.44. The first kappa shape index (κ1) is 16.5. The summed E-state index contributed by atoms with van der Waals surface area (Å²) in [5.74, 6) is 0. The molecular weight excluding hydrogens is 395 g/mol. The topological polar surface area (TPSA) is 6.48 Å². The Bertz CT molecular complexity index is 1590. The fraction of sp³-hybridized carbons (Fsp3) is 0.107. The van der Waals surface area contributed by atoms with Crippen molar-refractivity contribution in [1.82, 2.24) is 4.90 Å². The van der Waals surface area contributed by atoms with Gasteiger partial charge in [0.2, 0.25) is 0 Å². The molecule has 0 saturated carbocycles. The van der Waals surface area contributed by atoms with Gasteiger partial charge in [0, 0.05) is 24.8 Å². The first-order chi connectivity index (χ1) is 15.2. The van der Waals surface area contributed by atoms with Crippen LogP contribution < -0.4 is 15.5 Å². The van der Waals surface area contributed by atoms with E-state index in [1.807, 2.05) is 0 Å². The highest BCUT2D eigenvalue weighted by atomic mass is 31.1. The van der Waals surface area contributed by atoms with Gasteiger partial charge in [0.05, 0.1) is 5.69 Å². The SMILES string of the molecule is Cc1ccccc1-c1ccc2ccc3c4c2c1[PH]1=C2N(C)C=CN2c2ccc(c-4c21)C3. The predicted molar refractivity (Wildman–Crippen MR) is 134 cm³/mol. The van der Waals surface area contributed by atoms with Gasteiger partial charge >= 0.3 is 0 Å². The largest absolute Gasteiger partial charge is 0.336 e. The summed E-state index contributed by atoms with van der Waals surface area (Å²) in [6, 6.07) is 23.1. The minimum Gasteiger partial charge on any atom is -0.336 e. The minimum atomic E-state index is -1.11. The van der Waals surface area contributed by atoms with Crippen molar-refractivity contribution in [3.05, 3.63) is 89.8 Å². The number of anilines is 1. The van der Waals surface area contributed by atoms with Crippen molar-refractivity contribution in [2.24, 2.45) is 0 Å². The molecule has 2 nitrogen and oxygen atoms in total. The molecule has 0 saturated heterocycles. The Hall–Kier alpha value is -3.22. The summed E-state index contributed by atoms with van der Waals surface area (Å²) in [6.07, 6.45) is 5.55. The zero-order chi connectivity index (χ0) is 20.4. The maximum Gasteiger partial charge on any atom is 0.117 e. The van der Waals surface area contributed by atoms with E-state index in [-0.39, 0.29) is 0 Å². The second kappa shape index (κ2) is 5.33. The molecule has 0 spiro atoms. The van der Waals surface area contributed by atoms with Crippen molar-refractivity contribution in [1.29, 1.82) is 0 Å². The smallest absolute Gasteiger partial charge is 0.117 e. The highest BCUT2D eigenvalue weighted by molar-refractivity contribution is 7.76. The molecule has 0 aromatic heterocycles. The van der Waals surface area contributed by atoms with Crippen LogP contribution in [0.4, 0.5) is 5.69 Å². The summed E-state index contributed by atoms with van der Waals surface area (Å²) in [6.45, 7) is 2.25. The molecule has 1 unspecified atom stereocenters. The number of aryl methyl sites for hydroxylation is 1. The van der Waals surface area contributed by atoms with Crippen LogP contribution in [0.25, 0.3) is 33.0 Å². The van der Waals surface area contributed by atoms with E-state index >= 15 is 0 Å². The Morgan fingerprint density at radius 3 is 2.48 bits per heavy atom. The van der Waals surface area contributed by atoms with Crippen molar-refractivity contribution in [3.8, 4) is 22.3 Å². The van der Waals surface area contributed by atoms with E-state index in [2.05, 4.69) is 96.8 Å². The molecule has 4 aromatic carbocycles. The summed E-state index contributed by atoms with van der Waals surface area (Å²) in [5, 5.41) is 6.12. The molecule has 3 heteroatoms. The summed E-state index contributed by atoms with van der Waals surface area (Å²) in [5.41, 5.74) is 13.1. The van der Waals surface area contributed by atoms with E-state index in [1.54, 1.807) is 16.2 Å². The normalized spacial score (nSPS) is 18.5. The van der Waals surface area contributed by atoms with Crippen LogP contribution in [0.1, 0.15) is 16.7 Å². The summed E-state index contributed by atoms with van der Waals surface area (Å²) >= 11 is 0. The Labute approximate surface area is 182 Å². The maximum atomic E-state index is 2.47. The van der Waals surface area contributed by atoms with Gasteiger partial charge in [-0.2, -0.15) is 0 Å². The highest BCUT2D eigenvalue weighted by Gasteiger charge is 2.42. The molecule has 3 aliphatic heterocycles. The first-order valence-corrected chi connectivity index (χ1v) is 12.5. The van der Waals surface area contributed by atoms with Gasteiger partial charge in [0.1, 0.15) is 5.54 Å². The van der Waals surface area contributed by atoms with Crippen LogP contribution in [-0.4, -0.2) is 17.5 Å². The number of hydrogen-bond acceptors (Lipinski definition) is 2. The summed E-state index contributed by atoms with van der Waals surface area (Å²) < 4.78 is 0. The van der Waals surface area contributed by atoms with Gasteiger partial charge in [0.25, 0.3) is 0 Å². The molecular formula is C28H21N2P. The number of hydrogen-bond donors (Lipinski definition) is 0. The molecule has 4 aliphatic rings. The number of nitrogens with zero attached hydrogens (tertiary/aromatic N) is 2. The maximum absolute atomic E-state index is 2.47. The third-order valence-electron chi connectivity index (χ3n) is 7.59. The van der Waals surface area contributed by atoms with Crippen LogP contribution in [0.15, 0.2) is 73.1 Å². The fourth-order valence-electron chi connectivity index (χ4n) is 6.30. The minimum absolute atomic E-state index is 1.07. The van der Waals surface area contributed by atoms with Crippen molar-refractivity contribution in [2.45, 2.75) is 13.3 Å². The van der Waals surface area contributed by atoms with Gasteiger partial charge in [-0.1, -0.05) is 54.6 Å². The van der Waals surface area contributed by atoms with Gasteiger partial charge in [-0.3, -0.25) is 0 Å². The van der Waals surface area contributed by atoms with Crippen LogP contribution in [-0.2, 0) is 6.42 Å². The van der Waals surface area contributed by atoms with E-state index < -0.39 is 7.55 Å². The lowest BCUT2D eigenvalue weighted by atomic mass is 9.92. The third-order valence-corrected chi connectivity index (χ3v) is 10.7. The standard InChI is InChI=1S/C28H21N2P/c1-16-5-3-4-6-20(16)21-11-9-17-7-8-18-15-19-10-12-22-27-25(19)23(18)24(17)26(21)31(27)28-29(2)13-14-30(22)28/h3-14,31H,15H2,1-2H3. The number of benzene rings is 4. The van der Waals surface area contributed by atoms with E-state index in [0.717, 1.165) is 6.42 Å². The highest BCUT2D eigenvalue weighted by Crippen LogP contribution is 2.55. The van der Waals surface area contributed by atoms with Crippen LogP contribution >= 0.6 is 7.55 Å². The zero-order valence-corrected chi connectivity index (χ0v) is 18.5. The van der Waals surface area contributed by atoms with Gasteiger partial charge in [-0.05, 0) is 82.0 Å². The zero-order valence-electron chi connectivity index (χ0n) is 17.5. The molecule has 0 bridgehead atoms. The Balaban J connectivity index is 1.64. The van der Waals surface area contributed by atoms with E-state index in [0.29, 0.717) is 0 Å². The van der Waals surface area contributed by atoms with Crippen molar-refractivity contribution < 1.29 is 0 Å². The van der Waals surface area contributed by atoms with Crippen molar-refractivity contribution in [2.75, 3.05) is 11.9 Å². The van der Waals surface area contributed by atoms with E-state index in [1.165, 1.54) is 55.4 Å².